The number of nitrogens with zero attached hydrogens (tertiary/aromatic N) is 1. The number of amides is 2. The van der Waals surface area contributed by atoms with E-state index in [4.69, 9.17) is 14.2 Å². The number of methoxy groups -OCH3 is 1. The first-order valence-electron chi connectivity index (χ1n) is 14.8. The van der Waals surface area contributed by atoms with E-state index in [2.05, 4.69) is 16.0 Å². The number of nitrogens with one attached hydrogen (secondary N) is 3. The number of morpholine rings is 1. The summed E-state index contributed by atoms with van der Waals surface area (Å²) in [6.07, 6.45) is 1.20. The van der Waals surface area contributed by atoms with Gasteiger partial charge in [0.15, 0.2) is 5.78 Å². The zero-order valence-electron chi connectivity index (χ0n) is 25.4. The summed E-state index contributed by atoms with van der Waals surface area (Å²) in [6.45, 7) is 6.21. The van der Waals surface area contributed by atoms with Crippen molar-refractivity contribution in [1.82, 2.24) is 20.9 Å². The molecular formula is C32H42N4O8. The number of aldehydes is 1. The second kappa shape index (κ2) is 15.2. The third-order valence-electron chi connectivity index (χ3n) is 8.04. The molecule has 2 fully saturated rings. The van der Waals surface area contributed by atoms with Crippen molar-refractivity contribution in [2.45, 2.75) is 56.5 Å². The third-order valence-corrected chi connectivity index (χ3v) is 8.04. The van der Waals surface area contributed by atoms with Gasteiger partial charge in [0.25, 0.3) is 0 Å². The zero-order chi connectivity index (χ0) is 31.7. The van der Waals surface area contributed by atoms with Crippen molar-refractivity contribution in [3.05, 3.63) is 59.7 Å². The van der Waals surface area contributed by atoms with Crippen LogP contribution in [0.15, 0.2) is 48.5 Å². The molecule has 44 heavy (non-hydrogen) atoms. The lowest BCUT2D eigenvalue weighted by Gasteiger charge is -2.32. The highest BCUT2D eigenvalue weighted by atomic mass is 16.6. The molecule has 2 aromatic carbocycles. The summed E-state index contributed by atoms with van der Waals surface area (Å²) in [5, 5.41) is 18.5. The molecule has 2 amide bonds. The second-order valence-corrected chi connectivity index (χ2v) is 11.4. The minimum atomic E-state index is -1.01. The third kappa shape index (κ3) is 9.08. The SMILES string of the molecule is COc1ccc(CC(NC(=O)C(C)NCC(C=O)N2CCOCC2)C(=O)NC(Cc2ccc(O)cc2)C(=O)C2(C)CO2)cc1. The molecule has 2 aliphatic heterocycles. The van der Waals surface area contributed by atoms with Crippen molar-refractivity contribution in [2.24, 2.45) is 0 Å². The van der Waals surface area contributed by atoms with Gasteiger partial charge in [0, 0.05) is 26.1 Å². The second-order valence-electron chi connectivity index (χ2n) is 11.4. The fraction of sp³-hybridized carbons (Fsp3) is 0.500. The van der Waals surface area contributed by atoms with Crippen LogP contribution in [0.25, 0.3) is 0 Å². The first-order chi connectivity index (χ1) is 21.1. The van der Waals surface area contributed by atoms with Crippen LogP contribution in [-0.4, -0.2) is 110 Å². The smallest absolute Gasteiger partial charge is 0.243 e. The monoisotopic (exact) mass is 610 g/mol. The van der Waals surface area contributed by atoms with E-state index in [1.54, 1.807) is 45.2 Å². The molecule has 5 unspecified atom stereocenters. The summed E-state index contributed by atoms with van der Waals surface area (Å²) in [4.78, 5) is 54.3. The van der Waals surface area contributed by atoms with Crippen LogP contribution in [0, 0.1) is 0 Å². The predicted molar refractivity (Wildman–Crippen MR) is 161 cm³/mol. The zero-order valence-corrected chi connectivity index (χ0v) is 25.4. The minimum absolute atomic E-state index is 0.0903. The molecule has 5 atom stereocenters. The number of epoxide rings is 1. The van der Waals surface area contributed by atoms with Crippen molar-refractivity contribution in [3.63, 3.8) is 0 Å². The van der Waals surface area contributed by atoms with Gasteiger partial charge >= 0.3 is 0 Å². The van der Waals surface area contributed by atoms with E-state index in [-0.39, 0.29) is 37.5 Å². The summed E-state index contributed by atoms with van der Waals surface area (Å²) in [5.74, 6) is -0.482. The number of Topliss-reactive ketones (excluding diaryl/α,β-unsaturated/α-hetero) is 1. The summed E-state index contributed by atoms with van der Waals surface area (Å²) in [7, 11) is 1.56. The van der Waals surface area contributed by atoms with E-state index in [1.807, 2.05) is 17.0 Å². The number of carbonyl (C=O) groups excluding carboxylic acids is 4. The van der Waals surface area contributed by atoms with Gasteiger partial charge in [-0.3, -0.25) is 19.3 Å². The lowest BCUT2D eigenvalue weighted by Crippen LogP contribution is -2.57. The Morgan fingerprint density at radius 3 is 2.11 bits per heavy atom. The first kappa shape index (κ1) is 33.1. The molecule has 2 heterocycles. The Morgan fingerprint density at radius 1 is 0.977 bits per heavy atom. The number of aromatic hydroxyl groups is 1. The Hall–Kier alpha value is -3.84. The number of carbonyl (C=O) groups is 4. The number of phenols is 1. The maximum absolute atomic E-state index is 13.8. The van der Waals surface area contributed by atoms with Gasteiger partial charge in [-0.2, -0.15) is 0 Å². The van der Waals surface area contributed by atoms with Crippen LogP contribution in [-0.2, 0) is 41.5 Å². The molecular weight excluding hydrogens is 568 g/mol. The highest BCUT2D eigenvalue weighted by Crippen LogP contribution is 2.29. The van der Waals surface area contributed by atoms with Crippen LogP contribution in [0.2, 0.25) is 0 Å². The van der Waals surface area contributed by atoms with Gasteiger partial charge in [0.05, 0.1) is 45.1 Å². The van der Waals surface area contributed by atoms with Crippen molar-refractivity contribution < 1.29 is 38.5 Å². The number of hydrogen-bond acceptors (Lipinski definition) is 10. The predicted octanol–water partition coefficient (Wildman–Crippen LogP) is 0.391. The molecule has 0 radical (unpaired) electrons. The molecule has 2 aliphatic rings. The molecule has 4 rings (SSSR count). The average Bonchev–Trinajstić information content (AvgIpc) is 3.80. The van der Waals surface area contributed by atoms with Gasteiger partial charge in [0.1, 0.15) is 29.4 Å². The molecule has 0 bridgehead atoms. The lowest BCUT2D eigenvalue weighted by molar-refractivity contribution is -0.133. The highest BCUT2D eigenvalue weighted by molar-refractivity contribution is 5.98. The number of rotatable bonds is 16. The number of hydrogen-bond donors (Lipinski definition) is 4. The van der Waals surface area contributed by atoms with Gasteiger partial charge in [-0.1, -0.05) is 24.3 Å². The van der Waals surface area contributed by atoms with Crippen LogP contribution < -0.4 is 20.7 Å². The quantitative estimate of drug-likeness (QED) is 0.155. The molecule has 238 valence electrons. The topological polar surface area (TPSA) is 159 Å². The van der Waals surface area contributed by atoms with E-state index >= 15 is 0 Å². The molecule has 0 aromatic heterocycles. The summed E-state index contributed by atoms with van der Waals surface area (Å²) < 4.78 is 16.0. The van der Waals surface area contributed by atoms with Crippen LogP contribution in [0.1, 0.15) is 25.0 Å². The van der Waals surface area contributed by atoms with E-state index in [9.17, 15) is 24.3 Å². The number of ether oxygens (including phenoxy) is 3. The van der Waals surface area contributed by atoms with Crippen LogP contribution >= 0.6 is 0 Å². The van der Waals surface area contributed by atoms with Crippen molar-refractivity contribution in [2.75, 3.05) is 46.6 Å². The Morgan fingerprint density at radius 2 is 1.55 bits per heavy atom. The average molecular weight is 611 g/mol. The van der Waals surface area contributed by atoms with Crippen LogP contribution in [0.4, 0.5) is 0 Å². The molecule has 2 aromatic rings. The highest BCUT2D eigenvalue weighted by Gasteiger charge is 2.50. The van der Waals surface area contributed by atoms with Crippen molar-refractivity contribution in [3.8, 4) is 11.5 Å². The molecule has 0 aliphatic carbocycles. The van der Waals surface area contributed by atoms with Gasteiger partial charge in [-0.25, -0.2) is 0 Å². The normalized spacial score (nSPS) is 20.9. The van der Waals surface area contributed by atoms with Gasteiger partial charge in [-0.05, 0) is 55.7 Å². The maximum atomic E-state index is 13.8. The van der Waals surface area contributed by atoms with E-state index in [0.717, 1.165) is 17.4 Å². The summed E-state index contributed by atoms with van der Waals surface area (Å²) >= 11 is 0. The molecule has 4 N–H and O–H groups in total. The summed E-state index contributed by atoms with van der Waals surface area (Å²) in [6, 6.07) is 10.5. The first-order valence-corrected chi connectivity index (χ1v) is 14.8. The lowest BCUT2D eigenvalue weighted by atomic mass is 9.94. The number of benzene rings is 2. The van der Waals surface area contributed by atoms with Gasteiger partial charge in [-0.15, -0.1) is 0 Å². The Kier molecular flexibility index (Phi) is 11.5. The minimum Gasteiger partial charge on any atom is -0.508 e. The fourth-order valence-corrected chi connectivity index (χ4v) is 5.03. The van der Waals surface area contributed by atoms with Crippen LogP contribution in [0.3, 0.4) is 0 Å². The summed E-state index contributed by atoms with van der Waals surface area (Å²) in [5.41, 5.74) is 0.529. The number of ketones is 1. The van der Waals surface area contributed by atoms with E-state index < -0.39 is 41.6 Å². The largest absolute Gasteiger partial charge is 0.508 e. The Labute approximate surface area is 257 Å². The van der Waals surface area contributed by atoms with Crippen LogP contribution in [0.5, 0.6) is 11.5 Å². The standard InChI is InChI=1S/C32H42N4O8/c1-21(33-18-24(19-37)36-12-14-43-15-13-36)30(40)35-28(17-23-6-10-26(42-3)11-7-23)31(41)34-27(29(39)32(2)20-44-32)16-22-4-8-25(38)9-5-22/h4-11,19,21,24,27-28,33,38H,12-18,20H2,1-3H3,(H,34,41)(H,35,40). The maximum Gasteiger partial charge on any atom is 0.243 e. The van der Waals surface area contributed by atoms with E-state index in [0.29, 0.717) is 32.1 Å². The molecule has 2 saturated heterocycles. The Bertz CT molecular complexity index is 1280. The number of phenolic OH excluding ortho intramolecular Hbond substituents is 1. The molecule has 0 spiro atoms. The van der Waals surface area contributed by atoms with E-state index in [1.165, 1.54) is 12.1 Å². The van der Waals surface area contributed by atoms with Crippen molar-refractivity contribution >= 4 is 23.9 Å². The van der Waals surface area contributed by atoms with Gasteiger partial charge in [0.2, 0.25) is 11.8 Å². The fourth-order valence-electron chi connectivity index (χ4n) is 5.03. The van der Waals surface area contributed by atoms with Gasteiger partial charge < -0.3 is 40.1 Å². The van der Waals surface area contributed by atoms with Crippen molar-refractivity contribution in [1.29, 1.82) is 0 Å². The molecule has 0 saturated carbocycles. The molecule has 12 nitrogen and oxygen atoms in total. The Balaban J connectivity index is 1.47. The molecule has 12 heteroatoms.